The van der Waals surface area contributed by atoms with Gasteiger partial charge in [0.15, 0.2) is 0 Å². The summed E-state index contributed by atoms with van der Waals surface area (Å²) in [7, 11) is 1.55. The molecule has 1 amide bonds. The largest absolute Gasteiger partial charge is 0.490 e. The molecule has 1 fully saturated rings. The maximum absolute atomic E-state index is 11.6. The van der Waals surface area contributed by atoms with Crippen LogP contribution in [0.2, 0.25) is 0 Å². The summed E-state index contributed by atoms with van der Waals surface area (Å²) in [5, 5.41) is 2.53. The van der Waals surface area contributed by atoms with Crippen LogP contribution in [0.15, 0.2) is 18.2 Å². The summed E-state index contributed by atoms with van der Waals surface area (Å²) >= 11 is 0. The smallest absolute Gasteiger partial charge is 0.254 e. The fourth-order valence-electron chi connectivity index (χ4n) is 1.40. The topological polar surface area (TPSA) is 55.4 Å². The van der Waals surface area contributed by atoms with Gasteiger partial charge in [-0.25, -0.2) is 0 Å². The molecule has 0 radical (unpaired) electrons. The molecule has 1 N–H and O–H groups in total. The SMILES string of the molecule is CNC(=O)c1cc(C=O)ccc1OC1CC1. The zero-order valence-electron chi connectivity index (χ0n) is 9.03. The lowest BCUT2D eigenvalue weighted by molar-refractivity contribution is 0.0958. The number of carbonyl (C=O) groups excluding carboxylic acids is 2. The maximum Gasteiger partial charge on any atom is 0.254 e. The average molecular weight is 219 g/mol. The molecule has 0 unspecified atom stereocenters. The highest BCUT2D eigenvalue weighted by atomic mass is 16.5. The molecule has 16 heavy (non-hydrogen) atoms. The third kappa shape index (κ3) is 2.21. The van der Waals surface area contributed by atoms with Gasteiger partial charge in [0.1, 0.15) is 12.0 Å². The molecule has 84 valence electrons. The number of hydrogen-bond acceptors (Lipinski definition) is 3. The van der Waals surface area contributed by atoms with Gasteiger partial charge < -0.3 is 10.1 Å². The summed E-state index contributed by atoms with van der Waals surface area (Å²) in [4.78, 5) is 22.2. The van der Waals surface area contributed by atoms with E-state index in [9.17, 15) is 9.59 Å². The summed E-state index contributed by atoms with van der Waals surface area (Å²) < 4.78 is 5.60. The standard InChI is InChI=1S/C12H13NO3/c1-13-12(15)10-6-8(7-14)2-5-11(10)16-9-3-4-9/h2,5-7,9H,3-4H2,1H3,(H,13,15). The molecule has 0 heterocycles. The van der Waals surface area contributed by atoms with Crippen LogP contribution in [-0.4, -0.2) is 25.3 Å². The van der Waals surface area contributed by atoms with Crippen LogP contribution in [0, 0.1) is 0 Å². The summed E-state index contributed by atoms with van der Waals surface area (Å²) in [5.74, 6) is 0.312. The monoisotopic (exact) mass is 219 g/mol. The van der Waals surface area contributed by atoms with E-state index < -0.39 is 0 Å². The number of aldehydes is 1. The second kappa shape index (κ2) is 4.35. The van der Waals surface area contributed by atoms with Crippen molar-refractivity contribution in [3.05, 3.63) is 29.3 Å². The Balaban J connectivity index is 2.33. The number of carbonyl (C=O) groups is 2. The van der Waals surface area contributed by atoms with E-state index in [1.807, 2.05) is 0 Å². The molecule has 1 aliphatic rings. The number of amides is 1. The van der Waals surface area contributed by atoms with E-state index in [4.69, 9.17) is 4.74 Å². The highest BCUT2D eigenvalue weighted by Crippen LogP contribution is 2.29. The summed E-state index contributed by atoms with van der Waals surface area (Å²) in [6.45, 7) is 0. The predicted molar refractivity (Wildman–Crippen MR) is 58.9 cm³/mol. The van der Waals surface area contributed by atoms with Crippen molar-refractivity contribution < 1.29 is 14.3 Å². The molecule has 0 saturated heterocycles. The minimum Gasteiger partial charge on any atom is -0.490 e. The zero-order valence-corrected chi connectivity index (χ0v) is 9.03. The molecule has 0 atom stereocenters. The average Bonchev–Trinajstić information content (AvgIpc) is 3.12. The Kier molecular flexibility index (Phi) is 2.90. The van der Waals surface area contributed by atoms with Gasteiger partial charge in [0.2, 0.25) is 0 Å². The minimum atomic E-state index is -0.237. The summed E-state index contributed by atoms with van der Waals surface area (Å²) in [6.07, 6.45) is 3.00. The predicted octanol–water partition coefficient (Wildman–Crippen LogP) is 1.40. The Morgan fingerprint density at radius 2 is 2.25 bits per heavy atom. The first-order chi connectivity index (χ1) is 7.74. The van der Waals surface area contributed by atoms with Crippen LogP contribution >= 0.6 is 0 Å². The first-order valence-electron chi connectivity index (χ1n) is 5.22. The first-order valence-corrected chi connectivity index (χ1v) is 5.22. The second-order valence-corrected chi connectivity index (χ2v) is 3.77. The Bertz CT molecular complexity index is 424. The van der Waals surface area contributed by atoms with Crippen LogP contribution in [0.25, 0.3) is 0 Å². The van der Waals surface area contributed by atoms with Crippen LogP contribution in [0.4, 0.5) is 0 Å². The van der Waals surface area contributed by atoms with E-state index in [1.165, 1.54) is 0 Å². The van der Waals surface area contributed by atoms with Crippen molar-refractivity contribution in [2.24, 2.45) is 0 Å². The fourth-order valence-corrected chi connectivity index (χ4v) is 1.40. The van der Waals surface area contributed by atoms with Crippen LogP contribution in [-0.2, 0) is 0 Å². The van der Waals surface area contributed by atoms with Crippen molar-refractivity contribution in [2.45, 2.75) is 18.9 Å². The maximum atomic E-state index is 11.6. The number of hydrogen-bond donors (Lipinski definition) is 1. The molecule has 0 spiro atoms. The minimum absolute atomic E-state index is 0.227. The van der Waals surface area contributed by atoms with Crippen molar-refractivity contribution in [3.8, 4) is 5.75 Å². The Hall–Kier alpha value is -1.84. The lowest BCUT2D eigenvalue weighted by atomic mass is 10.1. The Labute approximate surface area is 93.6 Å². The summed E-state index contributed by atoms with van der Waals surface area (Å²) in [5.41, 5.74) is 0.890. The first kappa shape index (κ1) is 10.7. The number of nitrogens with one attached hydrogen (secondary N) is 1. The van der Waals surface area contributed by atoms with E-state index >= 15 is 0 Å². The molecule has 0 aromatic heterocycles. The van der Waals surface area contributed by atoms with E-state index in [0.29, 0.717) is 23.2 Å². The zero-order chi connectivity index (χ0) is 11.5. The second-order valence-electron chi connectivity index (χ2n) is 3.77. The van der Waals surface area contributed by atoms with Gasteiger partial charge in [-0.1, -0.05) is 0 Å². The molecule has 4 nitrogen and oxygen atoms in total. The van der Waals surface area contributed by atoms with Crippen molar-refractivity contribution in [2.75, 3.05) is 7.05 Å². The molecular weight excluding hydrogens is 206 g/mol. The van der Waals surface area contributed by atoms with Crippen molar-refractivity contribution >= 4 is 12.2 Å². The molecule has 2 rings (SSSR count). The third-order valence-corrected chi connectivity index (χ3v) is 2.43. The lowest BCUT2D eigenvalue weighted by Gasteiger charge is -2.10. The summed E-state index contributed by atoms with van der Waals surface area (Å²) in [6, 6.07) is 4.87. The Morgan fingerprint density at radius 1 is 1.50 bits per heavy atom. The van der Waals surface area contributed by atoms with E-state index in [1.54, 1.807) is 25.2 Å². The van der Waals surface area contributed by atoms with Gasteiger partial charge in [0, 0.05) is 12.6 Å². The van der Waals surface area contributed by atoms with Crippen LogP contribution in [0.3, 0.4) is 0 Å². The fraction of sp³-hybridized carbons (Fsp3) is 0.333. The van der Waals surface area contributed by atoms with Gasteiger partial charge in [-0.2, -0.15) is 0 Å². The van der Waals surface area contributed by atoms with Crippen LogP contribution in [0.1, 0.15) is 33.6 Å². The normalized spacial score (nSPS) is 14.3. The van der Waals surface area contributed by atoms with E-state index in [-0.39, 0.29) is 12.0 Å². The highest BCUT2D eigenvalue weighted by molar-refractivity contribution is 5.98. The highest BCUT2D eigenvalue weighted by Gasteiger charge is 2.25. The van der Waals surface area contributed by atoms with Gasteiger partial charge in [-0.3, -0.25) is 9.59 Å². The number of ether oxygens (including phenoxy) is 1. The molecule has 1 saturated carbocycles. The molecule has 0 aliphatic heterocycles. The van der Waals surface area contributed by atoms with Crippen LogP contribution < -0.4 is 10.1 Å². The molecule has 4 heteroatoms. The van der Waals surface area contributed by atoms with E-state index in [0.717, 1.165) is 12.8 Å². The van der Waals surface area contributed by atoms with Crippen molar-refractivity contribution in [3.63, 3.8) is 0 Å². The van der Waals surface area contributed by atoms with Crippen molar-refractivity contribution in [1.82, 2.24) is 5.32 Å². The number of rotatable bonds is 4. The van der Waals surface area contributed by atoms with Gasteiger partial charge in [0.05, 0.1) is 11.7 Å². The lowest BCUT2D eigenvalue weighted by Crippen LogP contribution is -2.19. The molecular formula is C12H13NO3. The quantitative estimate of drug-likeness (QED) is 0.779. The van der Waals surface area contributed by atoms with Crippen LogP contribution in [0.5, 0.6) is 5.75 Å². The van der Waals surface area contributed by atoms with Gasteiger partial charge in [0.25, 0.3) is 5.91 Å². The molecule has 1 aliphatic carbocycles. The van der Waals surface area contributed by atoms with Gasteiger partial charge >= 0.3 is 0 Å². The van der Waals surface area contributed by atoms with Gasteiger partial charge in [-0.05, 0) is 31.0 Å². The number of benzene rings is 1. The molecule has 1 aromatic rings. The van der Waals surface area contributed by atoms with Crippen molar-refractivity contribution in [1.29, 1.82) is 0 Å². The molecule has 0 bridgehead atoms. The van der Waals surface area contributed by atoms with Gasteiger partial charge in [-0.15, -0.1) is 0 Å². The molecule has 1 aromatic carbocycles. The van der Waals surface area contributed by atoms with E-state index in [2.05, 4.69) is 5.32 Å². The third-order valence-electron chi connectivity index (χ3n) is 2.43. The Morgan fingerprint density at radius 3 is 2.81 bits per heavy atom.